The molecule has 2 rings (SSSR count). The molecule has 1 aromatic heterocycles. The van der Waals surface area contributed by atoms with Crippen LogP contribution in [-0.4, -0.2) is 4.98 Å². The highest BCUT2D eigenvalue weighted by Gasteiger charge is 2.16. The molecule has 0 saturated carbocycles. The van der Waals surface area contributed by atoms with Gasteiger partial charge in [0.05, 0.1) is 10.2 Å². The van der Waals surface area contributed by atoms with E-state index in [4.69, 9.17) is 0 Å². The van der Waals surface area contributed by atoms with Gasteiger partial charge in [0.25, 0.3) is 6.43 Å². The van der Waals surface area contributed by atoms with Crippen molar-refractivity contribution in [3.05, 3.63) is 26.7 Å². The van der Waals surface area contributed by atoms with E-state index in [1.54, 1.807) is 6.92 Å². The fourth-order valence-corrected chi connectivity index (χ4v) is 3.04. The van der Waals surface area contributed by atoms with Crippen LogP contribution in [0.3, 0.4) is 0 Å². The molecule has 0 saturated heterocycles. The van der Waals surface area contributed by atoms with Crippen molar-refractivity contribution in [2.24, 2.45) is 0 Å². The molecule has 0 aliphatic heterocycles. The summed E-state index contributed by atoms with van der Waals surface area (Å²) in [7, 11) is 0. The summed E-state index contributed by atoms with van der Waals surface area (Å²) >= 11 is 4.64. The minimum absolute atomic E-state index is 0.108. The Bertz CT molecular complexity index is 522. The van der Waals surface area contributed by atoms with E-state index >= 15 is 0 Å². The first kappa shape index (κ1) is 11.0. The Morgan fingerprint density at radius 1 is 1.33 bits per heavy atom. The topological polar surface area (TPSA) is 12.9 Å². The van der Waals surface area contributed by atoms with Crippen molar-refractivity contribution >= 4 is 37.5 Å². The second-order valence-corrected chi connectivity index (χ2v) is 5.64. The fourth-order valence-electron chi connectivity index (χ4n) is 1.54. The highest BCUT2D eigenvalue weighted by atomic mass is 79.9. The molecule has 0 aliphatic rings. The Labute approximate surface area is 98.3 Å². The zero-order valence-corrected chi connectivity index (χ0v) is 10.5. The first-order valence-electron chi connectivity index (χ1n) is 4.35. The summed E-state index contributed by atoms with van der Waals surface area (Å²) < 4.78 is 27.0. The van der Waals surface area contributed by atoms with Gasteiger partial charge in [0.2, 0.25) is 0 Å². The van der Waals surface area contributed by atoms with E-state index in [2.05, 4.69) is 20.9 Å². The standard InChI is InChI=1S/C10H8BrF2NS/c1-4-5(2)8-7(15-10(11)14-8)3-6(4)9(12)13/h3,9H,1-2H3. The SMILES string of the molecule is Cc1c(C(F)F)cc2sc(Br)nc2c1C. The van der Waals surface area contributed by atoms with E-state index in [1.807, 2.05) is 6.92 Å². The largest absolute Gasteiger partial charge is 0.264 e. The summed E-state index contributed by atoms with van der Waals surface area (Å²) in [6, 6.07) is 1.53. The van der Waals surface area contributed by atoms with Crippen molar-refractivity contribution < 1.29 is 8.78 Å². The van der Waals surface area contributed by atoms with Crippen LogP contribution < -0.4 is 0 Å². The van der Waals surface area contributed by atoms with Crippen molar-refractivity contribution in [3.8, 4) is 0 Å². The van der Waals surface area contributed by atoms with Crippen molar-refractivity contribution in [3.63, 3.8) is 0 Å². The molecular weight excluding hydrogens is 284 g/mol. The summed E-state index contributed by atoms with van der Waals surface area (Å²) in [5, 5.41) is 0. The number of aromatic nitrogens is 1. The number of benzene rings is 1. The number of thiazole rings is 1. The third-order valence-electron chi connectivity index (χ3n) is 2.50. The Morgan fingerprint density at radius 2 is 2.00 bits per heavy atom. The van der Waals surface area contributed by atoms with Crippen LogP contribution in [0.2, 0.25) is 0 Å². The van der Waals surface area contributed by atoms with Gasteiger partial charge in [0.1, 0.15) is 0 Å². The van der Waals surface area contributed by atoms with E-state index in [0.717, 1.165) is 19.7 Å². The molecular formula is C10H8BrF2NS. The van der Waals surface area contributed by atoms with E-state index in [9.17, 15) is 8.78 Å². The minimum atomic E-state index is -2.42. The van der Waals surface area contributed by atoms with Crippen LogP contribution >= 0.6 is 27.3 Å². The van der Waals surface area contributed by atoms with Gasteiger partial charge in [-0.15, -0.1) is 11.3 Å². The molecule has 1 aromatic carbocycles. The normalized spacial score (nSPS) is 11.6. The molecule has 0 radical (unpaired) electrons. The first-order valence-corrected chi connectivity index (χ1v) is 5.96. The molecule has 0 N–H and O–H groups in total. The van der Waals surface area contributed by atoms with Crippen LogP contribution in [-0.2, 0) is 0 Å². The lowest BCUT2D eigenvalue weighted by molar-refractivity contribution is 0.150. The summed E-state index contributed by atoms with van der Waals surface area (Å²) in [6.07, 6.45) is -2.42. The van der Waals surface area contributed by atoms with Crippen LogP contribution in [0.15, 0.2) is 9.98 Å². The highest BCUT2D eigenvalue weighted by Crippen LogP contribution is 2.34. The zero-order chi connectivity index (χ0) is 11.2. The predicted octanol–water partition coefficient (Wildman–Crippen LogP) is 4.61. The molecule has 0 unspecified atom stereocenters. The number of halogens is 3. The Morgan fingerprint density at radius 3 is 2.60 bits per heavy atom. The van der Waals surface area contributed by atoms with Crippen LogP contribution in [0.5, 0.6) is 0 Å². The maximum absolute atomic E-state index is 12.7. The molecule has 0 aliphatic carbocycles. The molecule has 0 fully saturated rings. The first-order chi connectivity index (χ1) is 7.00. The van der Waals surface area contributed by atoms with Gasteiger partial charge in [0, 0.05) is 5.56 Å². The third kappa shape index (κ3) is 1.78. The van der Waals surface area contributed by atoms with Crippen LogP contribution in [0, 0.1) is 13.8 Å². The molecule has 0 spiro atoms. The molecule has 1 heterocycles. The lowest BCUT2D eigenvalue weighted by Crippen LogP contribution is -1.93. The molecule has 5 heteroatoms. The number of hydrogen-bond donors (Lipinski definition) is 0. The third-order valence-corrected chi connectivity index (χ3v) is 3.95. The van der Waals surface area contributed by atoms with Crippen molar-refractivity contribution in [2.75, 3.05) is 0 Å². The molecule has 0 atom stereocenters. The van der Waals surface area contributed by atoms with Gasteiger partial charge in [-0.05, 0) is 47.0 Å². The van der Waals surface area contributed by atoms with E-state index in [1.165, 1.54) is 17.4 Å². The lowest BCUT2D eigenvalue weighted by Gasteiger charge is -2.07. The van der Waals surface area contributed by atoms with E-state index in [0.29, 0.717) is 5.56 Å². The Hall–Kier alpha value is -0.550. The number of nitrogens with zero attached hydrogens (tertiary/aromatic N) is 1. The summed E-state index contributed by atoms with van der Waals surface area (Å²) in [4.78, 5) is 4.26. The highest BCUT2D eigenvalue weighted by molar-refractivity contribution is 9.11. The predicted molar refractivity (Wildman–Crippen MR) is 61.8 cm³/mol. The van der Waals surface area contributed by atoms with Crippen molar-refractivity contribution in [1.82, 2.24) is 4.98 Å². The second kappa shape index (κ2) is 3.79. The fraction of sp³-hybridized carbons (Fsp3) is 0.300. The smallest absolute Gasteiger partial charge is 0.229 e. The monoisotopic (exact) mass is 291 g/mol. The molecule has 2 aromatic rings. The van der Waals surface area contributed by atoms with Gasteiger partial charge in [-0.3, -0.25) is 0 Å². The molecule has 15 heavy (non-hydrogen) atoms. The summed E-state index contributed by atoms with van der Waals surface area (Å²) in [5.41, 5.74) is 2.39. The van der Waals surface area contributed by atoms with Gasteiger partial charge < -0.3 is 0 Å². The summed E-state index contributed by atoms with van der Waals surface area (Å²) in [6.45, 7) is 3.54. The van der Waals surface area contributed by atoms with Crippen LogP contribution in [0.4, 0.5) is 8.78 Å². The molecule has 1 nitrogen and oxygen atoms in total. The van der Waals surface area contributed by atoms with E-state index in [-0.39, 0.29) is 5.56 Å². The Kier molecular flexibility index (Phi) is 2.77. The number of fused-ring (bicyclic) bond motifs is 1. The van der Waals surface area contributed by atoms with Gasteiger partial charge in [-0.1, -0.05) is 0 Å². The molecule has 0 amide bonds. The lowest BCUT2D eigenvalue weighted by atomic mass is 10.0. The minimum Gasteiger partial charge on any atom is -0.229 e. The van der Waals surface area contributed by atoms with Gasteiger partial charge in [-0.25, -0.2) is 13.8 Å². The Balaban J connectivity index is 2.81. The van der Waals surface area contributed by atoms with Crippen LogP contribution in [0.1, 0.15) is 23.1 Å². The quantitative estimate of drug-likeness (QED) is 0.747. The number of alkyl halides is 2. The van der Waals surface area contributed by atoms with Gasteiger partial charge in [0.15, 0.2) is 3.92 Å². The molecule has 0 bridgehead atoms. The van der Waals surface area contributed by atoms with Gasteiger partial charge >= 0.3 is 0 Å². The summed E-state index contributed by atoms with van der Waals surface area (Å²) in [5.74, 6) is 0. The van der Waals surface area contributed by atoms with Crippen molar-refractivity contribution in [2.45, 2.75) is 20.3 Å². The average Bonchev–Trinajstić information content (AvgIpc) is 2.52. The van der Waals surface area contributed by atoms with E-state index < -0.39 is 6.43 Å². The second-order valence-electron chi connectivity index (χ2n) is 3.33. The average molecular weight is 292 g/mol. The number of aryl methyl sites for hydroxylation is 1. The maximum atomic E-state index is 12.7. The van der Waals surface area contributed by atoms with Gasteiger partial charge in [-0.2, -0.15) is 0 Å². The van der Waals surface area contributed by atoms with Crippen molar-refractivity contribution in [1.29, 1.82) is 0 Å². The maximum Gasteiger partial charge on any atom is 0.264 e. The van der Waals surface area contributed by atoms with Crippen LogP contribution in [0.25, 0.3) is 10.2 Å². The number of hydrogen-bond acceptors (Lipinski definition) is 2. The zero-order valence-electron chi connectivity index (χ0n) is 8.14. The number of rotatable bonds is 1. The molecule has 80 valence electrons.